The molecule has 0 saturated carbocycles. The Morgan fingerprint density at radius 2 is 1.98 bits per heavy atom. The van der Waals surface area contributed by atoms with Gasteiger partial charge in [0, 0.05) is 30.5 Å². The molecule has 1 aliphatic rings. The third kappa shape index (κ3) is 7.24. The molecule has 0 unspecified atom stereocenters. The molecule has 10 nitrogen and oxygen atoms in total. The van der Waals surface area contributed by atoms with E-state index < -0.39 is 40.3 Å². The molecule has 2 aromatic heterocycles. The zero-order valence-electron chi connectivity index (χ0n) is 25.7. The Kier molecular flexibility index (Phi) is 9.97. The summed E-state index contributed by atoms with van der Waals surface area (Å²) in [4.78, 5) is 19.9. The van der Waals surface area contributed by atoms with Crippen LogP contribution in [0.1, 0.15) is 51.6 Å². The lowest BCUT2D eigenvalue weighted by Gasteiger charge is -2.28. The van der Waals surface area contributed by atoms with Gasteiger partial charge in [0.1, 0.15) is 12.8 Å². The van der Waals surface area contributed by atoms with E-state index in [9.17, 15) is 22.0 Å². The number of benzene rings is 2. The van der Waals surface area contributed by atoms with Gasteiger partial charge in [0.25, 0.3) is 5.89 Å². The Bertz CT molecular complexity index is 1770. The van der Waals surface area contributed by atoms with Crippen molar-refractivity contribution in [2.45, 2.75) is 70.1 Å². The lowest BCUT2D eigenvalue weighted by atomic mass is 9.89. The summed E-state index contributed by atoms with van der Waals surface area (Å²) < 4.78 is 67.8. The van der Waals surface area contributed by atoms with Crippen molar-refractivity contribution >= 4 is 38.1 Å². The predicted molar refractivity (Wildman–Crippen MR) is 168 cm³/mol. The van der Waals surface area contributed by atoms with Gasteiger partial charge in [-0.3, -0.25) is 9.69 Å². The molecule has 1 fully saturated rings. The van der Waals surface area contributed by atoms with Crippen molar-refractivity contribution in [3.8, 4) is 21.3 Å². The summed E-state index contributed by atoms with van der Waals surface area (Å²) in [6.45, 7) is 5.73. The number of alkyl halides is 2. The Labute approximate surface area is 265 Å². The molecular weight excluding hydrogens is 625 g/mol. The van der Waals surface area contributed by atoms with Crippen molar-refractivity contribution in [2.75, 3.05) is 26.9 Å². The SMILES string of the molecule is CC[C@@H](CF)NS(=O)(=O)c1ccc(-c2sc(-c3nnc(CC(C)(C)C(=O)OC)o3)nc2CN2CCC[C@@H](F)C2)c2ccccc12. The molecule has 1 N–H and O–H groups in total. The molecule has 0 aliphatic carbocycles. The van der Waals surface area contributed by atoms with Gasteiger partial charge in [0.2, 0.25) is 15.9 Å². The van der Waals surface area contributed by atoms with Crippen LogP contribution >= 0.6 is 11.3 Å². The third-order valence-electron chi connectivity index (χ3n) is 7.92. The lowest BCUT2D eigenvalue weighted by molar-refractivity contribution is -0.150. The van der Waals surface area contributed by atoms with Gasteiger partial charge in [-0.2, -0.15) is 0 Å². The normalized spacial score (nSPS) is 17.1. The highest BCUT2D eigenvalue weighted by Crippen LogP contribution is 2.41. The van der Waals surface area contributed by atoms with E-state index in [0.29, 0.717) is 40.9 Å². The number of fused-ring (bicyclic) bond motifs is 1. The van der Waals surface area contributed by atoms with Crippen LogP contribution in [-0.4, -0.2) is 73.6 Å². The van der Waals surface area contributed by atoms with Crippen molar-refractivity contribution in [1.82, 2.24) is 24.8 Å². The number of halogens is 2. The van der Waals surface area contributed by atoms with Gasteiger partial charge in [0.05, 0.1) is 34.0 Å². The molecular formula is C31H37F2N5O5S2. The third-order valence-corrected chi connectivity index (χ3v) is 10.6. The molecule has 242 valence electrons. The number of likely N-dealkylation sites (tertiary alicyclic amines) is 1. The van der Waals surface area contributed by atoms with E-state index in [-0.39, 0.29) is 29.6 Å². The zero-order chi connectivity index (χ0) is 32.4. The number of esters is 1. The molecule has 45 heavy (non-hydrogen) atoms. The van der Waals surface area contributed by atoms with Crippen LogP contribution in [0, 0.1) is 5.41 Å². The fourth-order valence-corrected chi connectivity index (χ4v) is 8.01. The summed E-state index contributed by atoms with van der Waals surface area (Å²) in [6, 6.07) is 9.53. The van der Waals surface area contributed by atoms with Crippen LogP contribution in [0.3, 0.4) is 0 Å². The minimum Gasteiger partial charge on any atom is -0.469 e. The molecule has 3 heterocycles. The molecule has 2 aromatic carbocycles. The average Bonchev–Trinajstić information content (AvgIpc) is 3.65. The minimum absolute atomic E-state index is 0.0473. The summed E-state index contributed by atoms with van der Waals surface area (Å²) in [5.74, 6) is 0.0205. The molecule has 0 amide bonds. The van der Waals surface area contributed by atoms with Crippen molar-refractivity contribution in [3.63, 3.8) is 0 Å². The number of rotatable bonds is 12. The fourth-order valence-electron chi connectivity index (χ4n) is 5.46. The average molecular weight is 662 g/mol. The first kappa shape index (κ1) is 33.0. The van der Waals surface area contributed by atoms with Gasteiger partial charge < -0.3 is 9.15 Å². The van der Waals surface area contributed by atoms with Crippen LogP contribution in [0.5, 0.6) is 0 Å². The lowest BCUT2D eigenvalue weighted by Crippen LogP contribution is -2.36. The van der Waals surface area contributed by atoms with Gasteiger partial charge >= 0.3 is 5.97 Å². The largest absolute Gasteiger partial charge is 0.469 e. The zero-order valence-corrected chi connectivity index (χ0v) is 27.3. The van der Waals surface area contributed by atoms with E-state index in [2.05, 4.69) is 14.9 Å². The number of hydrogen-bond acceptors (Lipinski definition) is 10. The van der Waals surface area contributed by atoms with Gasteiger partial charge in [-0.15, -0.1) is 21.5 Å². The monoisotopic (exact) mass is 661 g/mol. The fraction of sp³-hybridized carbons (Fsp3) is 0.484. The van der Waals surface area contributed by atoms with Crippen molar-refractivity contribution < 1.29 is 31.1 Å². The van der Waals surface area contributed by atoms with E-state index in [1.54, 1.807) is 39.0 Å². The highest BCUT2D eigenvalue weighted by Gasteiger charge is 2.32. The van der Waals surface area contributed by atoms with Crippen LogP contribution in [-0.2, 0) is 32.5 Å². The van der Waals surface area contributed by atoms with Crippen LogP contribution < -0.4 is 4.72 Å². The topological polar surface area (TPSA) is 128 Å². The number of aromatic nitrogens is 3. The predicted octanol–water partition coefficient (Wildman–Crippen LogP) is 5.72. The number of ether oxygens (including phenoxy) is 1. The van der Waals surface area contributed by atoms with Gasteiger partial charge in [-0.1, -0.05) is 37.3 Å². The van der Waals surface area contributed by atoms with Crippen LogP contribution in [0.15, 0.2) is 45.7 Å². The molecule has 14 heteroatoms. The highest BCUT2D eigenvalue weighted by atomic mass is 32.2. The van der Waals surface area contributed by atoms with E-state index in [4.69, 9.17) is 14.1 Å². The van der Waals surface area contributed by atoms with Gasteiger partial charge in [0.15, 0.2) is 5.01 Å². The standard InChI is InChI=1S/C31H37F2N5O5S2/c1-5-20(16-32)37-45(40,41)25-13-12-23(21-10-6-7-11-22(21)25)27-24(18-38-14-8-9-19(33)17-38)34-29(44-27)28-36-35-26(43-28)15-31(2,3)30(39)42-4/h6-7,10-13,19-20,37H,5,8-9,14-18H2,1-4H3/t19-,20+/m1/s1. The van der Waals surface area contributed by atoms with Crippen molar-refractivity contribution in [2.24, 2.45) is 5.41 Å². The Hall–Kier alpha value is -3.33. The molecule has 0 radical (unpaired) electrons. The van der Waals surface area contributed by atoms with Crippen molar-refractivity contribution in [1.29, 1.82) is 0 Å². The summed E-state index contributed by atoms with van der Waals surface area (Å²) in [5, 5.41) is 9.93. The first-order valence-electron chi connectivity index (χ1n) is 14.8. The van der Waals surface area contributed by atoms with Crippen LogP contribution in [0.4, 0.5) is 8.78 Å². The number of methoxy groups -OCH3 is 1. The number of thiazole rings is 1. The van der Waals surface area contributed by atoms with Crippen molar-refractivity contribution in [3.05, 3.63) is 48.0 Å². The number of carbonyl (C=O) groups is 1. The summed E-state index contributed by atoms with van der Waals surface area (Å²) in [5.41, 5.74) is 0.522. The number of sulfonamides is 1. The Balaban J connectivity index is 1.58. The molecule has 1 saturated heterocycles. The maximum absolute atomic E-state index is 14.3. The van der Waals surface area contributed by atoms with E-state index in [1.165, 1.54) is 24.5 Å². The first-order chi connectivity index (χ1) is 21.5. The molecule has 5 rings (SSSR count). The minimum atomic E-state index is -4.02. The summed E-state index contributed by atoms with van der Waals surface area (Å²) >= 11 is 1.31. The second-order valence-electron chi connectivity index (χ2n) is 11.9. The number of nitrogens with zero attached hydrogens (tertiary/aromatic N) is 4. The molecule has 0 bridgehead atoms. The molecule has 2 atom stereocenters. The van der Waals surface area contributed by atoms with Gasteiger partial charge in [-0.05, 0) is 51.1 Å². The second kappa shape index (κ2) is 13.6. The maximum atomic E-state index is 14.3. The number of nitrogens with one attached hydrogen (secondary N) is 1. The van der Waals surface area contributed by atoms with E-state index in [1.807, 2.05) is 17.0 Å². The maximum Gasteiger partial charge on any atom is 0.311 e. The van der Waals surface area contributed by atoms with E-state index >= 15 is 0 Å². The van der Waals surface area contributed by atoms with Crippen LogP contribution in [0.2, 0.25) is 0 Å². The second-order valence-corrected chi connectivity index (χ2v) is 14.5. The number of carbonyl (C=O) groups excluding carboxylic acids is 1. The van der Waals surface area contributed by atoms with Crippen LogP contribution in [0.25, 0.3) is 32.1 Å². The molecule has 1 aliphatic heterocycles. The van der Waals surface area contributed by atoms with E-state index in [0.717, 1.165) is 23.4 Å². The number of hydrogen-bond donors (Lipinski definition) is 1. The quantitative estimate of drug-likeness (QED) is 0.190. The highest BCUT2D eigenvalue weighted by molar-refractivity contribution is 7.89. The smallest absolute Gasteiger partial charge is 0.311 e. The molecule has 4 aromatic rings. The first-order valence-corrected chi connectivity index (χ1v) is 17.1. The molecule has 0 spiro atoms. The number of piperidine rings is 1. The summed E-state index contributed by atoms with van der Waals surface area (Å²) in [6.07, 6.45) is 0.808. The Morgan fingerprint density at radius 3 is 2.67 bits per heavy atom. The van der Waals surface area contributed by atoms with Gasteiger partial charge in [-0.25, -0.2) is 26.9 Å². The summed E-state index contributed by atoms with van der Waals surface area (Å²) in [7, 11) is -2.70. The Morgan fingerprint density at radius 1 is 1.22 bits per heavy atom.